The maximum absolute atomic E-state index is 12.8. The summed E-state index contributed by atoms with van der Waals surface area (Å²) in [6.07, 6.45) is 2.17. The summed E-state index contributed by atoms with van der Waals surface area (Å²) in [6.45, 7) is 1.01. The minimum atomic E-state index is -1.18. The lowest BCUT2D eigenvalue weighted by molar-refractivity contribution is -0.147. The highest BCUT2D eigenvalue weighted by Gasteiger charge is 2.51. The van der Waals surface area contributed by atoms with Gasteiger partial charge in [0.05, 0.1) is 7.11 Å². The number of amides is 2. The smallest absolute Gasteiger partial charge is 0.352 e. The molecule has 0 saturated carbocycles. The standard InChI is InChI=1S/C20H21N3O5S/c1-28-14-4-2-3-11(7-14)9-22-6-5-12(17(22)24)8-13-10-29-19-15(21)18(25)23(19)16(13)20(26)27/h2-4,7-8,15,19H,5-6,9-10,21H2,1H3,(H,26,27)/b12-8+/t15-,19-/m1/s1. The summed E-state index contributed by atoms with van der Waals surface area (Å²) in [6, 6.07) is 6.86. The minimum Gasteiger partial charge on any atom is -0.497 e. The zero-order valence-electron chi connectivity index (χ0n) is 15.8. The molecule has 3 N–H and O–H groups in total. The van der Waals surface area contributed by atoms with Crippen molar-refractivity contribution in [3.05, 3.63) is 52.7 Å². The van der Waals surface area contributed by atoms with Gasteiger partial charge in [-0.3, -0.25) is 14.5 Å². The zero-order chi connectivity index (χ0) is 20.7. The topological polar surface area (TPSA) is 113 Å². The van der Waals surface area contributed by atoms with Crippen LogP contribution in [0.1, 0.15) is 12.0 Å². The lowest BCUT2D eigenvalue weighted by atomic mass is 10.0. The number of ether oxygens (including phenoxy) is 1. The van der Waals surface area contributed by atoms with Crippen molar-refractivity contribution in [1.82, 2.24) is 9.80 Å². The molecule has 4 rings (SSSR count). The van der Waals surface area contributed by atoms with Gasteiger partial charge in [0.2, 0.25) is 11.8 Å². The number of hydrogen-bond donors (Lipinski definition) is 2. The molecule has 152 valence electrons. The largest absolute Gasteiger partial charge is 0.497 e. The fourth-order valence-corrected chi connectivity index (χ4v) is 5.06. The van der Waals surface area contributed by atoms with Crippen LogP contribution in [-0.4, -0.2) is 63.5 Å². The monoisotopic (exact) mass is 415 g/mol. The van der Waals surface area contributed by atoms with Crippen molar-refractivity contribution in [1.29, 1.82) is 0 Å². The second-order valence-electron chi connectivity index (χ2n) is 7.11. The van der Waals surface area contributed by atoms with Gasteiger partial charge in [0.15, 0.2) is 0 Å². The summed E-state index contributed by atoms with van der Waals surface area (Å²) in [5.41, 5.74) is 7.70. The highest BCUT2D eigenvalue weighted by atomic mass is 32.2. The van der Waals surface area contributed by atoms with E-state index in [1.54, 1.807) is 18.1 Å². The predicted molar refractivity (Wildman–Crippen MR) is 107 cm³/mol. The van der Waals surface area contributed by atoms with Gasteiger partial charge in [0.1, 0.15) is 22.9 Å². The average Bonchev–Trinajstić information content (AvgIpc) is 3.06. The van der Waals surface area contributed by atoms with E-state index in [9.17, 15) is 19.5 Å². The van der Waals surface area contributed by atoms with Crippen LogP contribution in [0, 0.1) is 0 Å². The number of β-lactam (4-membered cyclic amide) rings is 1. The second kappa shape index (κ2) is 7.57. The number of allylic oxidation sites excluding steroid dienone is 1. The number of rotatable bonds is 5. The summed E-state index contributed by atoms with van der Waals surface area (Å²) in [7, 11) is 1.59. The first-order chi connectivity index (χ1) is 13.9. The van der Waals surface area contributed by atoms with Crippen molar-refractivity contribution in [2.45, 2.75) is 24.4 Å². The first-order valence-corrected chi connectivity index (χ1v) is 10.2. The van der Waals surface area contributed by atoms with Crippen LogP contribution in [0.4, 0.5) is 0 Å². The Balaban J connectivity index is 1.56. The van der Waals surface area contributed by atoms with E-state index >= 15 is 0 Å². The Morgan fingerprint density at radius 2 is 2.21 bits per heavy atom. The Morgan fingerprint density at radius 1 is 1.41 bits per heavy atom. The second-order valence-corrected chi connectivity index (χ2v) is 8.22. The summed E-state index contributed by atoms with van der Waals surface area (Å²) >= 11 is 1.42. The molecule has 0 unspecified atom stereocenters. The number of methoxy groups -OCH3 is 1. The molecule has 2 saturated heterocycles. The van der Waals surface area contributed by atoms with E-state index in [0.717, 1.165) is 11.3 Å². The fraction of sp³-hybridized carbons (Fsp3) is 0.350. The van der Waals surface area contributed by atoms with E-state index in [0.29, 0.717) is 36.4 Å². The molecule has 1 aromatic carbocycles. The maximum Gasteiger partial charge on any atom is 0.352 e. The number of nitrogens with two attached hydrogens (primary N) is 1. The molecule has 29 heavy (non-hydrogen) atoms. The number of thioether (sulfide) groups is 1. The summed E-state index contributed by atoms with van der Waals surface area (Å²) in [4.78, 5) is 39.6. The fourth-order valence-electron chi connectivity index (χ4n) is 3.80. The number of nitrogens with zero attached hydrogens (tertiary/aromatic N) is 2. The van der Waals surface area contributed by atoms with Gasteiger partial charge in [-0.05, 0) is 35.8 Å². The summed E-state index contributed by atoms with van der Waals surface area (Å²) in [5, 5.41) is 9.28. The molecule has 0 spiro atoms. The van der Waals surface area contributed by atoms with E-state index in [1.165, 1.54) is 16.7 Å². The van der Waals surface area contributed by atoms with E-state index in [2.05, 4.69) is 0 Å². The van der Waals surface area contributed by atoms with Gasteiger partial charge >= 0.3 is 5.97 Å². The third kappa shape index (κ3) is 3.40. The van der Waals surface area contributed by atoms with Gasteiger partial charge < -0.3 is 20.5 Å². The molecular formula is C20H21N3O5S. The van der Waals surface area contributed by atoms with Crippen LogP contribution < -0.4 is 10.5 Å². The minimum absolute atomic E-state index is 0.0630. The molecule has 2 fully saturated rings. The lowest BCUT2D eigenvalue weighted by Gasteiger charge is -2.47. The van der Waals surface area contributed by atoms with Crippen LogP contribution in [0.3, 0.4) is 0 Å². The van der Waals surface area contributed by atoms with Gasteiger partial charge in [0, 0.05) is 24.4 Å². The van der Waals surface area contributed by atoms with Crippen LogP contribution in [0.25, 0.3) is 0 Å². The maximum atomic E-state index is 12.8. The Labute approximate surface area is 172 Å². The Bertz CT molecular complexity index is 957. The molecule has 8 nitrogen and oxygen atoms in total. The number of carbonyl (C=O) groups is 3. The van der Waals surface area contributed by atoms with Crippen molar-refractivity contribution in [3.8, 4) is 5.75 Å². The molecule has 0 bridgehead atoms. The molecule has 3 aliphatic heterocycles. The van der Waals surface area contributed by atoms with Crippen molar-refractivity contribution < 1.29 is 24.2 Å². The molecule has 0 radical (unpaired) electrons. The van der Waals surface area contributed by atoms with E-state index in [1.807, 2.05) is 24.3 Å². The Morgan fingerprint density at radius 3 is 2.93 bits per heavy atom. The van der Waals surface area contributed by atoms with E-state index < -0.39 is 17.9 Å². The molecule has 2 amide bonds. The number of fused-ring (bicyclic) bond motifs is 1. The highest BCUT2D eigenvalue weighted by Crippen LogP contribution is 2.40. The predicted octanol–water partition coefficient (Wildman–Crippen LogP) is 0.935. The van der Waals surface area contributed by atoms with Gasteiger partial charge in [-0.2, -0.15) is 0 Å². The van der Waals surface area contributed by atoms with Crippen LogP contribution in [-0.2, 0) is 20.9 Å². The number of carbonyl (C=O) groups excluding carboxylic acids is 2. The molecular weight excluding hydrogens is 394 g/mol. The van der Waals surface area contributed by atoms with Gasteiger partial charge in [0.25, 0.3) is 0 Å². The van der Waals surface area contributed by atoms with E-state index in [4.69, 9.17) is 10.5 Å². The lowest BCUT2D eigenvalue weighted by Crippen LogP contribution is -2.68. The number of likely N-dealkylation sites (tertiary alicyclic amines) is 1. The number of carboxylic acid groups (broad SMARTS) is 1. The molecule has 9 heteroatoms. The van der Waals surface area contributed by atoms with Crippen LogP contribution >= 0.6 is 11.8 Å². The number of hydrogen-bond acceptors (Lipinski definition) is 6. The van der Waals surface area contributed by atoms with Crippen LogP contribution in [0.2, 0.25) is 0 Å². The Hall–Kier alpha value is -2.78. The molecule has 0 aromatic heterocycles. The third-order valence-corrected chi connectivity index (χ3v) is 6.63. The first-order valence-electron chi connectivity index (χ1n) is 9.20. The number of benzene rings is 1. The van der Waals surface area contributed by atoms with Crippen molar-refractivity contribution >= 4 is 29.5 Å². The average molecular weight is 415 g/mol. The van der Waals surface area contributed by atoms with Crippen LogP contribution in [0.15, 0.2) is 47.2 Å². The molecule has 1 aromatic rings. The van der Waals surface area contributed by atoms with Crippen molar-refractivity contribution in [2.24, 2.45) is 5.73 Å². The highest BCUT2D eigenvalue weighted by molar-refractivity contribution is 8.00. The number of aliphatic carboxylic acids is 1. The summed E-state index contributed by atoms with van der Waals surface area (Å²) < 4.78 is 5.22. The van der Waals surface area contributed by atoms with Gasteiger partial charge in [-0.25, -0.2) is 4.79 Å². The zero-order valence-corrected chi connectivity index (χ0v) is 16.6. The number of carboxylic acids is 1. The van der Waals surface area contributed by atoms with Crippen molar-refractivity contribution in [3.63, 3.8) is 0 Å². The SMILES string of the molecule is COc1cccc(CN2CC/C(=C\C3=C(C(=O)O)N4C(=O)[C@@H](N)[C@H]4SC3)C2=O)c1. The molecule has 2 atom stereocenters. The Kier molecular flexibility index (Phi) is 5.10. The van der Waals surface area contributed by atoms with Crippen LogP contribution in [0.5, 0.6) is 5.75 Å². The molecule has 3 heterocycles. The third-order valence-electron chi connectivity index (χ3n) is 5.31. The van der Waals surface area contributed by atoms with E-state index in [-0.39, 0.29) is 17.0 Å². The normalized spacial score (nSPS) is 25.4. The van der Waals surface area contributed by atoms with Gasteiger partial charge in [-0.1, -0.05) is 12.1 Å². The quantitative estimate of drug-likeness (QED) is 0.543. The molecule has 3 aliphatic rings. The molecule has 0 aliphatic carbocycles. The first kappa shape index (κ1) is 19.5. The van der Waals surface area contributed by atoms with Gasteiger partial charge in [-0.15, -0.1) is 11.8 Å². The van der Waals surface area contributed by atoms with Crippen molar-refractivity contribution in [2.75, 3.05) is 19.4 Å². The summed E-state index contributed by atoms with van der Waals surface area (Å²) in [5.74, 6) is -0.568.